The first-order chi connectivity index (χ1) is 6.76. The molecule has 0 radical (unpaired) electrons. The van der Waals surface area contributed by atoms with Crippen molar-refractivity contribution in [1.82, 2.24) is 0 Å². The van der Waals surface area contributed by atoms with Gasteiger partial charge in [0.25, 0.3) is 0 Å². The molecule has 1 heterocycles. The molecule has 1 aliphatic heterocycles. The van der Waals surface area contributed by atoms with Crippen molar-refractivity contribution in [2.24, 2.45) is 0 Å². The number of epoxide rings is 1. The SMILES string of the molecule is COC1(OC(C)C2CO2)C=CCC=C1. The summed E-state index contributed by atoms with van der Waals surface area (Å²) < 4.78 is 16.4. The van der Waals surface area contributed by atoms with Crippen molar-refractivity contribution in [2.75, 3.05) is 13.7 Å². The van der Waals surface area contributed by atoms with Crippen molar-refractivity contribution in [2.45, 2.75) is 31.3 Å². The van der Waals surface area contributed by atoms with Gasteiger partial charge in [-0.25, -0.2) is 0 Å². The fourth-order valence-electron chi connectivity index (χ4n) is 1.55. The number of methoxy groups -OCH3 is 1. The Kier molecular flexibility index (Phi) is 2.72. The standard InChI is InChI=1S/C11H16O3/c1-9(10-8-13-10)14-11(12-2)6-4-3-5-7-11/h4-7,9-10H,3,8H2,1-2H3. The smallest absolute Gasteiger partial charge is 0.208 e. The van der Waals surface area contributed by atoms with Gasteiger partial charge in [0, 0.05) is 7.11 Å². The predicted molar refractivity (Wildman–Crippen MR) is 52.9 cm³/mol. The first-order valence-electron chi connectivity index (χ1n) is 4.96. The molecule has 2 rings (SSSR count). The Morgan fingerprint density at radius 3 is 2.57 bits per heavy atom. The summed E-state index contributed by atoms with van der Waals surface area (Å²) in [5.41, 5.74) is 0. The van der Waals surface area contributed by atoms with E-state index >= 15 is 0 Å². The normalized spacial score (nSPS) is 30.3. The molecule has 0 aromatic heterocycles. The van der Waals surface area contributed by atoms with Gasteiger partial charge in [0.15, 0.2) is 0 Å². The maximum Gasteiger partial charge on any atom is 0.208 e. The Balaban J connectivity index is 2.00. The Morgan fingerprint density at radius 1 is 1.43 bits per heavy atom. The lowest BCUT2D eigenvalue weighted by atomic mass is 10.1. The van der Waals surface area contributed by atoms with Crippen molar-refractivity contribution >= 4 is 0 Å². The summed E-state index contributed by atoms with van der Waals surface area (Å²) in [4.78, 5) is 0. The van der Waals surface area contributed by atoms with Crippen molar-refractivity contribution < 1.29 is 14.2 Å². The van der Waals surface area contributed by atoms with Crippen LogP contribution >= 0.6 is 0 Å². The number of allylic oxidation sites excluding steroid dienone is 2. The van der Waals surface area contributed by atoms with Crippen molar-refractivity contribution in [3.63, 3.8) is 0 Å². The van der Waals surface area contributed by atoms with E-state index in [2.05, 4.69) is 0 Å². The highest BCUT2D eigenvalue weighted by atomic mass is 16.7. The van der Waals surface area contributed by atoms with Crippen LogP contribution in [0.5, 0.6) is 0 Å². The summed E-state index contributed by atoms with van der Waals surface area (Å²) in [7, 11) is 1.65. The molecule has 78 valence electrons. The molecule has 14 heavy (non-hydrogen) atoms. The van der Waals surface area contributed by atoms with Crippen molar-refractivity contribution in [3.8, 4) is 0 Å². The number of rotatable bonds is 4. The van der Waals surface area contributed by atoms with Gasteiger partial charge in [-0.1, -0.05) is 12.2 Å². The van der Waals surface area contributed by atoms with E-state index in [1.165, 1.54) is 0 Å². The highest BCUT2D eigenvalue weighted by molar-refractivity contribution is 5.16. The molecule has 2 atom stereocenters. The molecule has 0 aromatic rings. The summed E-state index contributed by atoms with van der Waals surface area (Å²) in [5.74, 6) is -0.677. The second kappa shape index (κ2) is 3.85. The number of hydrogen-bond donors (Lipinski definition) is 0. The van der Waals surface area contributed by atoms with Gasteiger partial charge in [0.05, 0.1) is 12.7 Å². The van der Waals surface area contributed by atoms with Gasteiger partial charge in [0.1, 0.15) is 6.10 Å². The zero-order valence-electron chi connectivity index (χ0n) is 8.60. The largest absolute Gasteiger partial charge is 0.370 e. The Hall–Kier alpha value is -0.640. The number of hydrogen-bond acceptors (Lipinski definition) is 3. The van der Waals surface area contributed by atoms with E-state index < -0.39 is 5.79 Å². The highest BCUT2D eigenvalue weighted by Gasteiger charge is 2.36. The van der Waals surface area contributed by atoms with Crippen LogP contribution in [-0.4, -0.2) is 31.7 Å². The molecule has 1 aliphatic carbocycles. The first kappa shape index (κ1) is 9.90. The van der Waals surface area contributed by atoms with E-state index in [4.69, 9.17) is 14.2 Å². The van der Waals surface area contributed by atoms with Crippen molar-refractivity contribution in [3.05, 3.63) is 24.3 Å². The van der Waals surface area contributed by atoms with E-state index in [0.29, 0.717) is 0 Å². The van der Waals surface area contributed by atoms with E-state index in [-0.39, 0.29) is 12.2 Å². The maximum atomic E-state index is 5.83. The lowest BCUT2D eigenvalue weighted by Crippen LogP contribution is -2.36. The van der Waals surface area contributed by atoms with E-state index in [1.807, 2.05) is 31.2 Å². The van der Waals surface area contributed by atoms with Crippen LogP contribution in [0.2, 0.25) is 0 Å². The minimum absolute atomic E-state index is 0.0716. The summed E-state index contributed by atoms with van der Waals surface area (Å²) >= 11 is 0. The summed E-state index contributed by atoms with van der Waals surface area (Å²) in [5, 5.41) is 0. The second-order valence-electron chi connectivity index (χ2n) is 3.66. The molecule has 0 saturated carbocycles. The molecule has 2 unspecified atom stereocenters. The van der Waals surface area contributed by atoms with Crippen LogP contribution in [0.4, 0.5) is 0 Å². The quantitative estimate of drug-likeness (QED) is 0.389. The lowest BCUT2D eigenvalue weighted by Gasteiger charge is -2.30. The fourth-order valence-corrected chi connectivity index (χ4v) is 1.55. The van der Waals surface area contributed by atoms with Gasteiger partial charge in [-0.3, -0.25) is 0 Å². The van der Waals surface area contributed by atoms with Gasteiger partial charge in [-0.2, -0.15) is 0 Å². The molecular formula is C11H16O3. The minimum atomic E-state index is -0.677. The monoisotopic (exact) mass is 196 g/mol. The fraction of sp³-hybridized carbons (Fsp3) is 0.636. The average molecular weight is 196 g/mol. The third-order valence-electron chi connectivity index (χ3n) is 2.54. The highest BCUT2D eigenvalue weighted by Crippen LogP contribution is 2.27. The van der Waals surface area contributed by atoms with Gasteiger partial charge in [0.2, 0.25) is 5.79 Å². The lowest BCUT2D eigenvalue weighted by molar-refractivity contribution is -0.183. The predicted octanol–water partition coefficient (Wildman–Crippen LogP) is 1.65. The average Bonchev–Trinajstić information content (AvgIpc) is 3.02. The van der Waals surface area contributed by atoms with Gasteiger partial charge in [-0.05, 0) is 25.5 Å². The van der Waals surface area contributed by atoms with E-state index in [0.717, 1.165) is 13.0 Å². The summed E-state index contributed by atoms with van der Waals surface area (Å²) in [6.45, 7) is 2.81. The topological polar surface area (TPSA) is 31.0 Å². The zero-order valence-corrected chi connectivity index (χ0v) is 8.60. The minimum Gasteiger partial charge on any atom is -0.370 e. The molecule has 0 N–H and O–H groups in total. The third kappa shape index (κ3) is 2.05. The summed E-state index contributed by atoms with van der Waals surface area (Å²) in [6.07, 6.45) is 9.25. The van der Waals surface area contributed by atoms with Crippen LogP contribution in [0.25, 0.3) is 0 Å². The Bertz CT molecular complexity index is 241. The molecule has 1 saturated heterocycles. The first-order valence-corrected chi connectivity index (χ1v) is 4.96. The molecule has 0 amide bonds. The third-order valence-corrected chi connectivity index (χ3v) is 2.54. The second-order valence-corrected chi connectivity index (χ2v) is 3.66. The van der Waals surface area contributed by atoms with Gasteiger partial charge >= 0.3 is 0 Å². The van der Waals surface area contributed by atoms with Gasteiger partial charge in [-0.15, -0.1) is 0 Å². The molecule has 2 aliphatic rings. The Labute approximate surface area is 84.3 Å². The van der Waals surface area contributed by atoms with Crippen LogP contribution < -0.4 is 0 Å². The molecule has 0 spiro atoms. The molecule has 3 nitrogen and oxygen atoms in total. The van der Waals surface area contributed by atoms with E-state index in [1.54, 1.807) is 7.11 Å². The number of ether oxygens (including phenoxy) is 3. The van der Waals surface area contributed by atoms with Crippen LogP contribution in [0, 0.1) is 0 Å². The van der Waals surface area contributed by atoms with E-state index in [9.17, 15) is 0 Å². The van der Waals surface area contributed by atoms with Crippen LogP contribution in [0.3, 0.4) is 0 Å². The molecule has 0 aromatic carbocycles. The molecular weight excluding hydrogens is 180 g/mol. The molecule has 3 heteroatoms. The van der Waals surface area contributed by atoms with Crippen LogP contribution in [0.1, 0.15) is 13.3 Å². The van der Waals surface area contributed by atoms with Crippen LogP contribution in [0.15, 0.2) is 24.3 Å². The maximum absolute atomic E-state index is 5.83. The Morgan fingerprint density at radius 2 is 2.07 bits per heavy atom. The molecule has 0 bridgehead atoms. The van der Waals surface area contributed by atoms with Crippen molar-refractivity contribution in [1.29, 1.82) is 0 Å². The van der Waals surface area contributed by atoms with Crippen LogP contribution in [-0.2, 0) is 14.2 Å². The summed E-state index contributed by atoms with van der Waals surface area (Å²) in [6, 6.07) is 0. The molecule has 1 fully saturated rings. The van der Waals surface area contributed by atoms with Gasteiger partial charge < -0.3 is 14.2 Å². The zero-order chi connectivity index (χ0) is 10.0.